The SMILES string of the molecule is COc1ccccc1Sc1ccccc1NS(=O)(=O)c1ccc(C)cc1. The number of hydrogen-bond donors (Lipinski definition) is 1. The van der Waals surface area contributed by atoms with E-state index in [4.69, 9.17) is 4.74 Å². The van der Waals surface area contributed by atoms with Crippen molar-refractivity contribution in [3.8, 4) is 5.75 Å². The van der Waals surface area contributed by atoms with E-state index in [1.807, 2.05) is 43.3 Å². The molecule has 0 amide bonds. The van der Waals surface area contributed by atoms with Gasteiger partial charge in [-0.15, -0.1) is 0 Å². The molecule has 1 N–H and O–H groups in total. The van der Waals surface area contributed by atoms with Gasteiger partial charge in [-0.3, -0.25) is 4.72 Å². The molecule has 0 bridgehead atoms. The van der Waals surface area contributed by atoms with Crippen molar-refractivity contribution in [1.29, 1.82) is 0 Å². The molecule has 0 unspecified atom stereocenters. The third-order valence-electron chi connectivity index (χ3n) is 3.75. The molecule has 0 aliphatic carbocycles. The first kappa shape index (κ1) is 18.4. The molecule has 4 nitrogen and oxygen atoms in total. The predicted octanol–water partition coefficient (Wildman–Crippen LogP) is 4.96. The Morgan fingerprint density at radius 2 is 1.46 bits per heavy atom. The van der Waals surface area contributed by atoms with Gasteiger partial charge in [0.25, 0.3) is 10.0 Å². The Hall–Kier alpha value is -2.44. The summed E-state index contributed by atoms with van der Waals surface area (Å²) in [5.74, 6) is 0.744. The minimum atomic E-state index is -3.66. The molecule has 0 aromatic heterocycles. The van der Waals surface area contributed by atoms with Crippen molar-refractivity contribution in [2.45, 2.75) is 21.6 Å². The summed E-state index contributed by atoms with van der Waals surface area (Å²) in [5.41, 5.74) is 1.54. The molecular weight excluding hydrogens is 366 g/mol. The summed E-state index contributed by atoms with van der Waals surface area (Å²) >= 11 is 1.45. The van der Waals surface area contributed by atoms with Crippen LogP contribution < -0.4 is 9.46 Å². The van der Waals surface area contributed by atoms with Gasteiger partial charge >= 0.3 is 0 Å². The van der Waals surface area contributed by atoms with Crippen LogP contribution in [0, 0.1) is 6.92 Å². The highest BCUT2D eigenvalue weighted by Crippen LogP contribution is 2.38. The number of benzene rings is 3. The Balaban J connectivity index is 1.91. The van der Waals surface area contributed by atoms with E-state index in [0.717, 1.165) is 21.1 Å². The zero-order chi connectivity index (χ0) is 18.6. The number of methoxy groups -OCH3 is 1. The predicted molar refractivity (Wildman–Crippen MR) is 106 cm³/mol. The van der Waals surface area contributed by atoms with Crippen molar-refractivity contribution in [2.24, 2.45) is 0 Å². The molecule has 0 radical (unpaired) electrons. The van der Waals surface area contributed by atoms with Gasteiger partial charge in [-0.05, 0) is 43.3 Å². The molecule has 0 spiro atoms. The quantitative estimate of drug-likeness (QED) is 0.652. The molecule has 0 aliphatic rings. The molecule has 0 atom stereocenters. The Labute approximate surface area is 158 Å². The summed E-state index contributed by atoms with van der Waals surface area (Å²) in [6.07, 6.45) is 0. The molecule has 0 aliphatic heterocycles. The van der Waals surface area contributed by atoms with Crippen LogP contribution >= 0.6 is 11.8 Å². The van der Waals surface area contributed by atoms with Crippen LogP contribution in [-0.4, -0.2) is 15.5 Å². The second kappa shape index (κ2) is 7.85. The summed E-state index contributed by atoms with van der Waals surface area (Å²) in [6.45, 7) is 1.92. The Morgan fingerprint density at radius 1 is 0.846 bits per heavy atom. The minimum Gasteiger partial charge on any atom is -0.496 e. The van der Waals surface area contributed by atoms with Gasteiger partial charge in [0, 0.05) is 4.90 Å². The summed E-state index contributed by atoms with van der Waals surface area (Å²) in [5, 5.41) is 0. The first-order valence-corrected chi connectivity index (χ1v) is 10.3. The lowest BCUT2D eigenvalue weighted by molar-refractivity contribution is 0.405. The highest BCUT2D eigenvalue weighted by atomic mass is 32.2. The lowest BCUT2D eigenvalue weighted by atomic mass is 10.2. The second-order valence-corrected chi connectivity index (χ2v) is 8.43. The molecule has 0 saturated carbocycles. The van der Waals surface area contributed by atoms with Gasteiger partial charge < -0.3 is 4.74 Å². The van der Waals surface area contributed by atoms with E-state index in [1.165, 1.54) is 11.8 Å². The Bertz CT molecular complexity index is 1000. The third kappa shape index (κ3) is 4.20. The monoisotopic (exact) mass is 385 g/mol. The molecule has 0 fully saturated rings. The van der Waals surface area contributed by atoms with E-state index in [0.29, 0.717) is 5.69 Å². The van der Waals surface area contributed by atoms with Crippen LogP contribution in [0.1, 0.15) is 5.56 Å². The largest absolute Gasteiger partial charge is 0.496 e. The van der Waals surface area contributed by atoms with E-state index in [1.54, 1.807) is 43.5 Å². The van der Waals surface area contributed by atoms with Crippen molar-refractivity contribution in [1.82, 2.24) is 0 Å². The van der Waals surface area contributed by atoms with Crippen LogP contribution in [0.4, 0.5) is 5.69 Å². The fourth-order valence-electron chi connectivity index (χ4n) is 2.38. The van der Waals surface area contributed by atoms with Gasteiger partial charge in [-0.1, -0.05) is 53.7 Å². The van der Waals surface area contributed by atoms with Crippen molar-refractivity contribution >= 4 is 27.5 Å². The summed E-state index contributed by atoms with van der Waals surface area (Å²) < 4.78 is 33.5. The van der Waals surface area contributed by atoms with Gasteiger partial charge in [-0.25, -0.2) is 8.42 Å². The van der Waals surface area contributed by atoms with Crippen LogP contribution in [0.25, 0.3) is 0 Å². The van der Waals surface area contributed by atoms with Crippen LogP contribution in [0.5, 0.6) is 5.75 Å². The van der Waals surface area contributed by atoms with Crippen LogP contribution in [0.15, 0.2) is 87.5 Å². The molecule has 3 aromatic rings. The first-order chi connectivity index (χ1) is 12.5. The van der Waals surface area contributed by atoms with Crippen molar-refractivity contribution in [3.05, 3.63) is 78.4 Å². The number of rotatable bonds is 6. The fraction of sp³-hybridized carbons (Fsp3) is 0.100. The zero-order valence-corrected chi connectivity index (χ0v) is 16.1. The minimum absolute atomic E-state index is 0.236. The lowest BCUT2D eigenvalue weighted by Gasteiger charge is -2.13. The molecule has 26 heavy (non-hydrogen) atoms. The number of anilines is 1. The van der Waals surface area contributed by atoms with E-state index in [9.17, 15) is 8.42 Å². The standard InChI is InChI=1S/C20H19NO3S2/c1-15-11-13-16(14-12-15)26(22,23)21-17-7-3-5-9-19(17)25-20-10-6-4-8-18(20)24-2/h3-14,21H,1-2H3. The summed E-state index contributed by atoms with van der Waals surface area (Å²) in [4.78, 5) is 1.95. The van der Waals surface area contributed by atoms with Gasteiger partial charge in [0.1, 0.15) is 5.75 Å². The van der Waals surface area contributed by atoms with E-state index < -0.39 is 10.0 Å². The molecule has 3 rings (SSSR count). The first-order valence-electron chi connectivity index (χ1n) is 7.99. The van der Waals surface area contributed by atoms with Crippen LogP contribution in [0.3, 0.4) is 0 Å². The maximum absolute atomic E-state index is 12.7. The molecule has 6 heteroatoms. The Kier molecular flexibility index (Phi) is 5.54. The summed E-state index contributed by atoms with van der Waals surface area (Å²) in [7, 11) is -2.04. The van der Waals surface area contributed by atoms with Crippen molar-refractivity contribution < 1.29 is 13.2 Å². The number of para-hydroxylation sites is 2. The maximum Gasteiger partial charge on any atom is 0.261 e. The van der Waals surface area contributed by atoms with E-state index in [2.05, 4.69) is 4.72 Å². The van der Waals surface area contributed by atoms with Crippen molar-refractivity contribution in [2.75, 3.05) is 11.8 Å². The second-order valence-electron chi connectivity index (χ2n) is 5.67. The van der Waals surface area contributed by atoms with Gasteiger partial charge in [0.2, 0.25) is 0 Å². The summed E-state index contributed by atoms with van der Waals surface area (Å²) in [6, 6.07) is 21.7. The number of ether oxygens (including phenoxy) is 1. The Morgan fingerprint density at radius 3 is 2.15 bits per heavy atom. The van der Waals surface area contributed by atoms with Crippen molar-refractivity contribution in [3.63, 3.8) is 0 Å². The average molecular weight is 386 g/mol. The number of aryl methyl sites for hydroxylation is 1. The lowest BCUT2D eigenvalue weighted by Crippen LogP contribution is -2.13. The molecule has 0 saturated heterocycles. The molecular formula is C20H19NO3S2. The molecule has 0 heterocycles. The van der Waals surface area contributed by atoms with Crippen LogP contribution in [0.2, 0.25) is 0 Å². The normalized spacial score (nSPS) is 11.2. The molecule has 3 aromatic carbocycles. The fourth-order valence-corrected chi connectivity index (χ4v) is 4.54. The number of sulfonamides is 1. The number of nitrogens with one attached hydrogen (secondary N) is 1. The number of hydrogen-bond acceptors (Lipinski definition) is 4. The third-order valence-corrected chi connectivity index (χ3v) is 6.27. The molecule has 134 valence electrons. The highest BCUT2D eigenvalue weighted by molar-refractivity contribution is 7.99. The van der Waals surface area contributed by atoms with Crippen LogP contribution in [-0.2, 0) is 10.0 Å². The van der Waals surface area contributed by atoms with E-state index in [-0.39, 0.29) is 4.90 Å². The topological polar surface area (TPSA) is 55.4 Å². The average Bonchev–Trinajstić information content (AvgIpc) is 2.64. The van der Waals surface area contributed by atoms with Gasteiger partial charge in [0.15, 0.2) is 0 Å². The maximum atomic E-state index is 12.7. The zero-order valence-electron chi connectivity index (χ0n) is 14.5. The smallest absolute Gasteiger partial charge is 0.261 e. The van der Waals surface area contributed by atoms with E-state index >= 15 is 0 Å². The van der Waals surface area contributed by atoms with Gasteiger partial charge in [0.05, 0.1) is 22.6 Å². The van der Waals surface area contributed by atoms with Gasteiger partial charge in [-0.2, -0.15) is 0 Å². The highest BCUT2D eigenvalue weighted by Gasteiger charge is 2.16.